The van der Waals surface area contributed by atoms with Crippen molar-refractivity contribution in [1.29, 1.82) is 0 Å². The van der Waals surface area contributed by atoms with Crippen LogP contribution in [0.4, 0.5) is 0 Å². The zero-order valence-corrected chi connectivity index (χ0v) is 11.8. The van der Waals surface area contributed by atoms with Gasteiger partial charge in [-0.1, -0.05) is 41.2 Å². The molecule has 0 N–H and O–H groups in total. The first-order chi connectivity index (χ1) is 9.54. The molecule has 2 aromatic heterocycles. The lowest BCUT2D eigenvalue weighted by molar-refractivity contribution is 0.833. The van der Waals surface area contributed by atoms with Gasteiger partial charge in [-0.2, -0.15) is 14.6 Å². The van der Waals surface area contributed by atoms with Crippen LogP contribution in [0.25, 0.3) is 11.0 Å². The molecule has 0 saturated carbocycles. The fourth-order valence-corrected chi connectivity index (χ4v) is 2.70. The first-order valence-corrected chi connectivity index (χ1v) is 6.85. The van der Waals surface area contributed by atoms with Gasteiger partial charge in [0.15, 0.2) is 0 Å². The number of hydrogen-bond donors (Lipinski definition) is 0. The van der Waals surface area contributed by atoms with E-state index in [1.165, 1.54) is 15.9 Å². The molecule has 20 heavy (non-hydrogen) atoms. The molecule has 1 aromatic carbocycles. The van der Waals surface area contributed by atoms with Crippen molar-refractivity contribution in [1.82, 2.24) is 14.6 Å². The first-order valence-electron chi connectivity index (χ1n) is 6.03. The zero-order chi connectivity index (χ0) is 14.3. The number of nitrogens with zero attached hydrogens (tertiary/aromatic N) is 3. The second-order valence-corrected chi connectivity index (χ2v) is 5.53. The molecule has 0 radical (unpaired) electrons. The highest BCUT2D eigenvalue weighted by Gasteiger charge is 2.07. The highest BCUT2D eigenvalue weighted by atomic mass is 32.1. The van der Waals surface area contributed by atoms with Crippen molar-refractivity contribution in [3.05, 3.63) is 66.3 Å². The summed E-state index contributed by atoms with van der Waals surface area (Å²) in [6.45, 7) is 3.55. The molecule has 0 unspecified atom stereocenters. The topological polar surface area (TPSA) is 64.3 Å². The molecule has 0 spiro atoms. The van der Waals surface area contributed by atoms with Crippen molar-refractivity contribution in [3.8, 4) is 0 Å². The van der Waals surface area contributed by atoms with Crippen LogP contribution in [-0.4, -0.2) is 14.6 Å². The molecule has 0 amide bonds. The maximum absolute atomic E-state index is 12.2. The molecule has 2 heterocycles. The number of benzene rings is 1. The molecule has 3 aromatic rings. The molecule has 0 saturated heterocycles. The molecule has 0 aliphatic rings. The van der Waals surface area contributed by atoms with E-state index in [1.54, 1.807) is 13.0 Å². The fourth-order valence-electron chi connectivity index (χ4n) is 1.80. The Labute approximate surface area is 117 Å². The maximum Gasteiger partial charge on any atom is 0.295 e. The number of fused-ring (bicyclic) bond motifs is 1. The molecule has 0 fully saturated rings. The Morgan fingerprint density at radius 3 is 2.55 bits per heavy atom. The predicted molar refractivity (Wildman–Crippen MR) is 78.1 cm³/mol. The van der Waals surface area contributed by atoms with Gasteiger partial charge in [0.1, 0.15) is 5.69 Å². The van der Waals surface area contributed by atoms with Crippen LogP contribution in [0.15, 0.2) is 33.9 Å². The van der Waals surface area contributed by atoms with Gasteiger partial charge in [-0.15, -0.1) is 0 Å². The summed E-state index contributed by atoms with van der Waals surface area (Å²) in [5, 5.41) is 3.97. The van der Waals surface area contributed by atoms with Crippen LogP contribution in [0.3, 0.4) is 0 Å². The normalized spacial score (nSPS) is 12.2. The molecule has 3 rings (SSSR count). The number of hydrogen-bond acceptors (Lipinski definition) is 5. The summed E-state index contributed by atoms with van der Waals surface area (Å²) in [5.41, 5.74) is 1.66. The van der Waals surface area contributed by atoms with Gasteiger partial charge in [0, 0.05) is 0 Å². The molecular formula is C14H11N3O2S. The summed E-state index contributed by atoms with van der Waals surface area (Å²) in [7, 11) is 0. The first kappa shape index (κ1) is 12.7. The van der Waals surface area contributed by atoms with E-state index in [2.05, 4.69) is 10.1 Å². The zero-order valence-electron chi connectivity index (χ0n) is 11.0. The van der Waals surface area contributed by atoms with Crippen molar-refractivity contribution in [3.63, 3.8) is 0 Å². The smallest absolute Gasteiger partial charge is 0.266 e. The van der Waals surface area contributed by atoms with E-state index in [0.717, 1.165) is 11.1 Å². The summed E-state index contributed by atoms with van der Waals surface area (Å²) in [6, 6.07) is 7.84. The van der Waals surface area contributed by atoms with Crippen LogP contribution in [0.5, 0.6) is 0 Å². The van der Waals surface area contributed by atoms with Crippen molar-refractivity contribution in [2.45, 2.75) is 13.8 Å². The fraction of sp³-hybridized carbons (Fsp3) is 0.143. The van der Waals surface area contributed by atoms with Gasteiger partial charge >= 0.3 is 0 Å². The second-order valence-electron chi connectivity index (χ2n) is 4.52. The molecule has 0 aliphatic heterocycles. The van der Waals surface area contributed by atoms with Crippen LogP contribution in [0.2, 0.25) is 0 Å². The minimum Gasteiger partial charge on any atom is -0.266 e. The summed E-state index contributed by atoms with van der Waals surface area (Å²) in [5.74, 6) is 0. The standard InChI is InChI=1S/C14H11N3O2S/c1-8-3-5-10(6-4-8)7-11-13(19)17-14(20-11)15-12(18)9(2)16-17/h3-7H,1-2H3/b11-7-. The van der Waals surface area contributed by atoms with Gasteiger partial charge in [0.05, 0.1) is 4.53 Å². The summed E-state index contributed by atoms with van der Waals surface area (Å²) >= 11 is 1.17. The largest absolute Gasteiger partial charge is 0.295 e. The van der Waals surface area contributed by atoms with Gasteiger partial charge < -0.3 is 0 Å². The van der Waals surface area contributed by atoms with E-state index in [0.29, 0.717) is 9.49 Å². The third-order valence-electron chi connectivity index (χ3n) is 2.92. The molecular weight excluding hydrogens is 274 g/mol. The van der Waals surface area contributed by atoms with Crippen LogP contribution in [-0.2, 0) is 0 Å². The average Bonchev–Trinajstić information content (AvgIpc) is 2.70. The Kier molecular flexibility index (Phi) is 2.94. The van der Waals surface area contributed by atoms with E-state index >= 15 is 0 Å². The molecule has 100 valence electrons. The van der Waals surface area contributed by atoms with Crippen molar-refractivity contribution >= 4 is 22.4 Å². The van der Waals surface area contributed by atoms with Gasteiger partial charge in [-0.3, -0.25) is 9.59 Å². The maximum atomic E-state index is 12.2. The Bertz CT molecular complexity index is 955. The number of thiazole rings is 1. The quantitative estimate of drug-likeness (QED) is 0.659. The lowest BCUT2D eigenvalue weighted by atomic mass is 10.1. The van der Waals surface area contributed by atoms with E-state index < -0.39 is 5.56 Å². The second kappa shape index (κ2) is 4.64. The van der Waals surface area contributed by atoms with Crippen LogP contribution in [0.1, 0.15) is 16.8 Å². The monoisotopic (exact) mass is 285 g/mol. The third kappa shape index (κ3) is 2.14. The summed E-state index contributed by atoms with van der Waals surface area (Å²) in [4.78, 5) is 27.8. The van der Waals surface area contributed by atoms with Crippen LogP contribution >= 0.6 is 11.3 Å². The van der Waals surface area contributed by atoms with Gasteiger partial charge in [0.25, 0.3) is 11.1 Å². The Balaban J connectivity index is 2.27. The minimum atomic E-state index is -0.395. The summed E-state index contributed by atoms with van der Waals surface area (Å²) in [6.07, 6.45) is 1.78. The Morgan fingerprint density at radius 2 is 1.85 bits per heavy atom. The van der Waals surface area contributed by atoms with Crippen LogP contribution < -0.4 is 15.7 Å². The van der Waals surface area contributed by atoms with E-state index in [9.17, 15) is 9.59 Å². The molecule has 0 bridgehead atoms. The number of rotatable bonds is 1. The SMILES string of the molecule is Cc1ccc(/C=c2\sc3nc(=O)c(C)nn3c2=O)cc1. The van der Waals surface area contributed by atoms with Crippen molar-refractivity contribution in [2.75, 3.05) is 0 Å². The minimum absolute atomic E-state index is 0.222. The van der Waals surface area contributed by atoms with Gasteiger partial charge in [-0.25, -0.2) is 0 Å². The Morgan fingerprint density at radius 1 is 1.15 bits per heavy atom. The number of aromatic nitrogens is 3. The predicted octanol–water partition coefficient (Wildman–Crippen LogP) is 0.676. The highest BCUT2D eigenvalue weighted by molar-refractivity contribution is 7.15. The van der Waals surface area contributed by atoms with Gasteiger partial charge in [-0.05, 0) is 25.5 Å². The molecule has 0 aliphatic carbocycles. The van der Waals surface area contributed by atoms with Crippen LogP contribution in [0, 0.1) is 13.8 Å². The van der Waals surface area contributed by atoms with E-state index in [-0.39, 0.29) is 11.3 Å². The highest BCUT2D eigenvalue weighted by Crippen LogP contribution is 2.04. The van der Waals surface area contributed by atoms with E-state index in [1.807, 2.05) is 31.2 Å². The molecule has 5 nitrogen and oxygen atoms in total. The lowest BCUT2D eigenvalue weighted by Gasteiger charge is -1.92. The van der Waals surface area contributed by atoms with E-state index in [4.69, 9.17) is 0 Å². The van der Waals surface area contributed by atoms with Crippen molar-refractivity contribution < 1.29 is 0 Å². The molecule has 6 heteroatoms. The van der Waals surface area contributed by atoms with Gasteiger partial charge in [0.2, 0.25) is 4.96 Å². The molecule has 0 atom stereocenters. The lowest BCUT2D eigenvalue weighted by Crippen LogP contribution is -2.27. The summed E-state index contributed by atoms with van der Waals surface area (Å²) < 4.78 is 1.69. The Hall–Kier alpha value is -2.34. The van der Waals surface area contributed by atoms with Crippen molar-refractivity contribution in [2.24, 2.45) is 0 Å². The number of aryl methyl sites for hydroxylation is 2. The third-order valence-corrected chi connectivity index (χ3v) is 3.88. The average molecular weight is 285 g/mol.